The van der Waals surface area contributed by atoms with E-state index in [9.17, 15) is 10.1 Å². The lowest BCUT2D eigenvalue weighted by Gasteiger charge is -2.18. The van der Waals surface area contributed by atoms with Crippen LogP contribution in [-0.4, -0.2) is 44.0 Å². The highest BCUT2D eigenvalue weighted by Crippen LogP contribution is 2.32. The van der Waals surface area contributed by atoms with E-state index in [1.54, 1.807) is 0 Å². The van der Waals surface area contributed by atoms with E-state index in [1.807, 2.05) is 161 Å². The Balaban J connectivity index is -0.0000000611. The van der Waals surface area contributed by atoms with Gasteiger partial charge in [0.05, 0.1) is 15.4 Å². The van der Waals surface area contributed by atoms with Crippen LogP contribution in [0.1, 0.15) is 138 Å². The number of nitrogens with zero attached hydrogens (tertiary/aromatic N) is 3. The molecule has 0 unspecified atom stereocenters. The van der Waals surface area contributed by atoms with E-state index in [4.69, 9.17) is 20.2 Å². The Morgan fingerprint density at radius 1 is 0.682 bits per heavy atom. The largest absolute Gasteiger partial charge is 0.448 e. The zero-order valence-corrected chi connectivity index (χ0v) is 50.4. The lowest BCUT2D eigenvalue weighted by molar-refractivity contribution is -0.445. The molecule has 9 nitrogen and oxygen atoms in total. The highest BCUT2D eigenvalue weighted by Gasteiger charge is 2.15. The molecule has 1 aliphatic carbocycles. The van der Waals surface area contributed by atoms with E-state index in [-0.39, 0.29) is 0 Å². The standard InChI is InChI=1S/C18H15P.C5H4BrN.C5H4.C2H2BrNO2.C2H5Br.9C2H6.CH5BO2.CH3NO2/c1-4-10-16(11-5-1)19(17-12-6-2-7-13-17)18-14-8-3-9-15-18;6-5-7-3-1-2-4-7;1-2-4-5-3-1;3-1-2-4(5)6;1-2-3;9*1-2;2*1-2(3)4/h1-15H;1,3H,5H2;1-2H,3H2;1-2H;2H2,1H3;9*1-2H3;3-4H,1H3;1H3/b;;;2-1-;;;;;;;;;;;;. The highest BCUT2D eigenvalue weighted by molar-refractivity contribution is 9.11. The number of rotatable bonds is 5. The van der Waals surface area contributed by atoms with E-state index in [1.165, 1.54) is 27.7 Å². The summed E-state index contributed by atoms with van der Waals surface area (Å²) < 4.78 is 1.86. The second kappa shape index (κ2) is 95.7. The van der Waals surface area contributed by atoms with Gasteiger partial charge in [0.2, 0.25) is 6.20 Å². The number of allylic oxidation sites excluding steroid dienone is 2. The molecule has 4 aromatic rings. The molecule has 0 saturated heterocycles. The highest BCUT2D eigenvalue weighted by atomic mass is 79.9. The maximum atomic E-state index is 9.29. The minimum Gasteiger partial charge on any atom is -0.427 e. The molecule has 0 spiro atoms. The minimum atomic E-state index is -1.17. The van der Waals surface area contributed by atoms with Gasteiger partial charge >= 0.3 is 7.12 Å². The fourth-order valence-electron chi connectivity index (χ4n) is 2.87. The monoisotopic (exact) mass is 1130 g/mol. The maximum Gasteiger partial charge on any atom is 0.448 e. The van der Waals surface area contributed by atoms with Crippen molar-refractivity contribution in [2.75, 3.05) is 12.4 Å². The number of aromatic nitrogens is 1. The first kappa shape index (κ1) is 89.1. The molecular weight excluding hydrogens is 1040 g/mol. The van der Waals surface area contributed by atoms with E-state index in [0.717, 1.165) is 30.5 Å². The number of nitro groups is 2. The molecule has 66 heavy (non-hydrogen) atoms. The molecule has 0 bridgehead atoms. The van der Waals surface area contributed by atoms with Crippen molar-refractivity contribution in [3.63, 3.8) is 0 Å². The van der Waals surface area contributed by atoms with Gasteiger partial charge in [-0.05, 0) is 42.8 Å². The van der Waals surface area contributed by atoms with Crippen LogP contribution in [0.15, 0.2) is 127 Å². The first-order valence-electron chi connectivity index (χ1n) is 23.0. The van der Waals surface area contributed by atoms with Crippen LogP contribution in [0.25, 0.3) is 0 Å². The summed E-state index contributed by atoms with van der Waals surface area (Å²) >= 11 is 9.12. The predicted molar refractivity (Wildman–Crippen MR) is 313 cm³/mol. The van der Waals surface area contributed by atoms with E-state index in [0.29, 0.717) is 0 Å². The molecule has 380 valence electrons. The lowest BCUT2D eigenvalue weighted by Crippen LogP contribution is -2.20. The molecule has 0 amide bonds. The van der Waals surface area contributed by atoms with Gasteiger partial charge in [-0.15, -0.1) is 0 Å². The number of benzene rings is 3. The van der Waals surface area contributed by atoms with Gasteiger partial charge in [-0.1, -0.05) is 288 Å². The van der Waals surface area contributed by atoms with Crippen molar-refractivity contribution in [3.8, 4) is 11.8 Å². The minimum absolute atomic E-state index is 0.446. The van der Waals surface area contributed by atoms with Gasteiger partial charge in [-0.2, -0.15) is 0 Å². The molecule has 0 aliphatic heterocycles. The van der Waals surface area contributed by atoms with Gasteiger partial charge < -0.3 is 10.0 Å². The Morgan fingerprint density at radius 3 is 1.09 bits per heavy atom. The molecule has 2 N–H and O–H groups in total. The quantitative estimate of drug-likeness (QED) is 0.0511. The van der Waals surface area contributed by atoms with Crippen LogP contribution in [0, 0.1) is 44.3 Å². The van der Waals surface area contributed by atoms with Crippen LogP contribution in [0.4, 0.5) is 0 Å². The van der Waals surface area contributed by atoms with Crippen molar-refractivity contribution >= 4 is 78.7 Å². The van der Waals surface area contributed by atoms with Crippen molar-refractivity contribution in [2.24, 2.45) is 0 Å². The SMILES string of the molecule is BrCn1c#ccc1.C1#CCC=C1.CB(O)O.CC.CC.CC.CC.CC.CC.CC.CC.CC.CCBr.C[N+](=O)[O-].O=[N+]([O-])/C=C\Br.c1ccc(P(c2ccccc2)c2ccccc2)cc1. The van der Waals surface area contributed by atoms with Crippen LogP contribution in [0.5, 0.6) is 0 Å². The molecule has 0 atom stereocenters. The van der Waals surface area contributed by atoms with E-state index >= 15 is 0 Å². The average molecular weight is 1140 g/mol. The topological polar surface area (TPSA) is 132 Å². The third-order valence-corrected chi connectivity index (χ3v) is 7.64. The fraction of sp³-hybridized carbons (Fsp3) is 0.462. The smallest absolute Gasteiger partial charge is 0.427 e. The first-order valence-corrected chi connectivity index (χ1v) is 27.5. The summed E-state index contributed by atoms with van der Waals surface area (Å²) in [5.41, 5.74) is 0.802. The molecule has 0 radical (unpaired) electrons. The first-order chi connectivity index (χ1) is 32.0. The molecule has 1 aromatic heterocycles. The second-order valence-corrected chi connectivity index (χ2v) is 12.7. The van der Waals surface area contributed by atoms with Crippen LogP contribution in [0.2, 0.25) is 6.82 Å². The van der Waals surface area contributed by atoms with Gasteiger partial charge in [0.15, 0.2) is 7.05 Å². The summed E-state index contributed by atoms with van der Waals surface area (Å²) in [7, 11) is -0.724. The normalized spacial score (nSPS) is 7.74. The third-order valence-electron chi connectivity index (χ3n) is 4.42. The molecule has 0 fully saturated rings. The molecule has 1 heterocycles. The predicted octanol–water partition coefficient (Wildman–Crippen LogP) is 16.6. The summed E-state index contributed by atoms with van der Waals surface area (Å²) in [6.45, 7) is 39.3. The molecule has 14 heteroatoms. The Labute approximate surface area is 434 Å². The molecule has 5 rings (SSSR count). The van der Waals surface area contributed by atoms with Crippen molar-refractivity contribution < 1.29 is 19.9 Å². The van der Waals surface area contributed by atoms with Crippen molar-refractivity contribution in [2.45, 2.75) is 150 Å². The van der Waals surface area contributed by atoms with E-state index < -0.39 is 24.9 Å². The zero-order chi connectivity index (χ0) is 54.4. The van der Waals surface area contributed by atoms with Crippen LogP contribution >= 0.6 is 55.7 Å². The van der Waals surface area contributed by atoms with Crippen LogP contribution in [-0.2, 0) is 5.45 Å². The number of hydrogen-bond donors (Lipinski definition) is 2. The number of hydrogen-bond acceptors (Lipinski definition) is 6. The molecule has 1 aliphatic rings. The van der Waals surface area contributed by atoms with E-state index in [2.05, 4.69) is 163 Å². The van der Waals surface area contributed by atoms with Crippen molar-refractivity contribution in [3.05, 3.63) is 159 Å². The Hall–Kier alpha value is -3.55. The maximum absolute atomic E-state index is 9.29. The molecular formula is C52H92BBr3N3O6P. The Bertz CT molecular complexity index is 1360. The average Bonchev–Trinajstić information content (AvgIpc) is 4.16. The summed E-state index contributed by atoms with van der Waals surface area (Å²) in [6, 6.07) is 36.9. The van der Waals surface area contributed by atoms with Gasteiger partial charge in [-0.25, -0.2) is 0 Å². The molecule has 3 aromatic carbocycles. The summed E-state index contributed by atoms with van der Waals surface area (Å²) in [5.74, 6) is 5.65. The van der Waals surface area contributed by atoms with Crippen molar-refractivity contribution in [1.29, 1.82) is 0 Å². The fourth-order valence-corrected chi connectivity index (χ4v) is 5.66. The van der Waals surface area contributed by atoms with Crippen LogP contribution in [0.3, 0.4) is 0 Å². The molecule has 0 saturated carbocycles. The Morgan fingerprint density at radius 2 is 0.970 bits per heavy atom. The zero-order valence-electron chi connectivity index (χ0n) is 44.8. The Kier molecular flexibility index (Phi) is 129. The lowest BCUT2D eigenvalue weighted by atomic mass is 9.99. The number of alkyl halides is 2. The summed E-state index contributed by atoms with van der Waals surface area (Å²) in [4.78, 5) is 18.2. The third kappa shape index (κ3) is 87.4. The van der Waals surface area contributed by atoms with Gasteiger partial charge in [0.1, 0.15) is 0 Å². The summed E-state index contributed by atoms with van der Waals surface area (Å²) in [5, 5.41) is 38.6. The number of halogens is 3. The van der Waals surface area contributed by atoms with Gasteiger partial charge in [-0.3, -0.25) is 24.8 Å². The van der Waals surface area contributed by atoms with Gasteiger partial charge in [0.25, 0.3) is 0 Å². The van der Waals surface area contributed by atoms with Crippen LogP contribution < -0.4 is 15.9 Å². The summed E-state index contributed by atoms with van der Waals surface area (Å²) in [6.07, 6.45) is 10.4. The van der Waals surface area contributed by atoms with Crippen molar-refractivity contribution in [1.82, 2.24) is 4.57 Å². The second-order valence-electron chi connectivity index (χ2n) is 8.33. The van der Waals surface area contributed by atoms with Gasteiger partial charge in [0, 0.05) is 35.1 Å².